The Hall–Kier alpha value is -4.01. The number of hydrogen-bond acceptors (Lipinski definition) is 5. The van der Waals surface area contributed by atoms with Gasteiger partial charge in [0.2, 0.25) is 5.91 Å². The molecule has 2 aromatic heterocycles. The van der Waals surface area contributed by atoms with Gasteiger partial charge in [-0.3, -0.25) is 14.2 Å². The number of fused-ring (bicyclic) bond motifs is 1. The fourth-order valence-corrected chi connectivity index (χ4v) is 4.36. The number of benzene rings is 2. The van der Waals surface area contributed by atoms with Crippen molar-refractivity contribution >= 4 is 22.6 Å². The second kappa shape index (κ2) is 9.32. The number of halogens is 1. The lowest BCUT2D eigenvalue weighted by Gasteiger charge is -2.36. The average Bonchev–Trinajstić information content (AvgIpc) is 3.31. The van der Waals surface area contributed by atoms with Crippen LogP contribution in [-0.2, 0) is 11.3 Å². The summed E-state index contributed by atoms with van der Waals surface area (Å²) >= 11 is 0. The van der Waals surface area contributed by atoms with Crippen LogP contribution in [0, 0.1) is 5.82 Å². The first-order chi connectivity index (χ1) is 16.9. The Morgan fingerprint density at radius 3 is 2.29 bits per heavy atom. The number of rotatable bonds is 5. The van der Waals surface area contributed by atoms with Crippen molar-refractivity contribution in [1.82, 2.24) is 24.2 Å². The molecule has 8 nitrogen and oxygen atoms in total. The predicted molar refractivity (Wildman–Crippen MR) is 132 cm³/mol. The third kappa shape index (κ3) is 4.53. The maximum atomic E-state index is 13.2. The van der Waals surface area contributed by atoms with Gasteiger partial charge in [-0.05, 0) is 47.9 Å². The summed E-state index contributed by atoms with van der Waals surface area (Å²) in [6, 6.07) is 14.4. The first-order valence-electron chi connectivity index (χ1n) is 11.7. The number of hydrogen-bond donors (Lipinski definition) is 0. The normalized spacial score (nSPS) is 14.2. The van der Waals surface area contributed by atoms with Crippen molar-refractivity contribution in [2.75, 3.05) is 31.1 Å². The summed E-state index contributed by atoms with van der Waals surface area (Å²) in [4.78, 5) is 34.3. The Morgan fingerprint density at radius 2 is 1.63 bits per heavy atom. The van der Waals surface area contributed by atoms with Crippen LogP contribution in [0.2, 0.25) is 0 Å². The van der Waals surface area contributed by atoms with Crippen LogP contribution < -0.4 is 10.5 Å². The van der Waals surface area contributed by atoms with Crippen LogP contribution in [-0.4, -0.2) is 56.3 Å². The van der Waals surface area contributed by atoms with Crippen LogP contribution in [0.3, 0.4) is 0 Å². The van der Waals surface area contributed by atoms with Crippen molar-refractivity contribution in [1.29, 1.82) is 0 Å². The fourth-order valence-electron chi connectivity index (χ4n) is 4.36. The van der Waals surface area contributed by atoms with E-state index in [4.69, 9.17) is 0 Å². The average molecular weight is 475 g/mol. The summed E-state index contributed by atoms with van der Waals surface area (Å²) < 4.78 is 16.2. The van der Waals surface area contributed by atoms with E-state index in [2.05, 4.69) is 28.8 Å². The molecule has 0 spiro atoms. The molecule has 1 fully saturated rings. The van der Waals surface area contributed by atoms with E-state index in [-0.39, 0.29) is 23.8 Å². The molecule has 0 N–H and O–H groups in total. The molecule has 0 radical (unpaired) electrons. The van der Waals surface area contributed by atoms with Gasteiger partial charge in [-0.15, -0.1) is 0 Å². The lowest BCUT2D eigenvalue weighted by Crippen LogP contribution is -2.50. The van der Waals surface area contributed by atoms with Crippen molar-refractivity contribution in [2.24, 2.45) is 0 Å². The minimum absolute atomic E-state index is 0.0768. The van der Waals surface area contributed by atoms with Crippen LogP contribution >= 0.6 is 0 Å². The van der Waals surface area contributed by atoms with E-state index in [9.17, 15) is 14.0 Å². The van der Waals surface area contributed by atoms with E-state index < -0.39 is 0 Å². The molecule has 1 aliphatic rings. The van der Waals surface area contributed by atoms with Gasteiger partial charge in [0.15, 0.2) is 5.65 Å². The summed E-state index contributed by atoms with van der Waals surface area (Å²) in [6.45, 7) is 6.55. The maximum Gasteiger partial charge on any atom is 0.264 e. The Morgan fingerprint density at radius 1 is 0.971 bits per heavy atom. The summed E-state index contributed by atoms with van der Waals surface area (Å²) in [6.07, 6.45) is 2.92. The van der Waals surface area contributed by atoms with Crippen LogP contribution in [0.1, 0.15) is 25.3 Å². The van der Waals surface area contributed by atoms with Gasteiger partial charge in [-0.2, -0.15) is 5.10 Å². The minimum Gasteiger partial charge on any atom is -0.368 e. The quantitative estimate of drug-likeness (QED) is 0.444. The van der Waals surface area contributed by atoms with Gasteiger partial charge in [0.05, 0.1) is 11.9 Å². The first-order valence-corrected chi connectivity index (χ1v) is 11.7. The molecule has 4 aromatic rings. The third-order valence-electron chi connectivity index (χ3n) is 6.49. The number of piperazine rings is 1. The van der Waals surface area contributed by atoms with Crippen molar-refractivity contribution in [3.63, 3.8) is 0 Å². The molecular weight excluding hydrogens is 447 g/mol. The van der Waals surface area contributed by atoms with Gasteiger partial charge < -0.3 is 9.80 Å². The molecule has 0 atom stereocenters. The molecule has 2 aromatic carbocycles. The lowest BCUT2D eigenvalue weighted by atomic mass is 10.0. The van der Waals surface area contributed by atoms with Gasteiger partial charge in [0.1, 0.15) is 24.1 Å². The molecule has 1 amide bonds. The molecule has 5 rings (SSSR count). The Balaban J connectivity index is 1.28. The van der Waals surface area contributed by atoms with Crippen molar-refractivity contribution in [2.45, 2.75) is 26.3 Å². The highest BCUT2D eigenvalue weighted by Gasteiger charge is 2.22. The highest BCUT2D eigenvalue weighted by molar-refractivity contribution is 5.78. The minimum atomic E-state index is -0.293. The number of anilines is 1. The number of aromatic nitrogens is 4. The maximum absolute atomic E-state index is 13.2. The zero-order chi connectivity index (χ0) is 24.5. The molecule has 0 aliphatic carbocycles. The van der Waals surface area contributed by atoms with Crippen LogP contribution in [0.15, 0.2) is 65.8 Å². The third-order valence-corrected chi connectivity index (χ3v) is 6.49. The largest absolute Gasteiger partial charge is 0.368 e. The van der Waals surface area contributed by atoms with Crippen LogP contribution in [0.5, 0.6) is 0 Å². The smallest absolute Gasteiger partial charge is 0.264 e. The molecule has 0 bridgehead atoms. The van der Waals surface area contributed by atoms with E-state index in [1.54, 1.807) is 21.7 Å². The lowest BCUT2D eigenvalue weighted by molar-refractivity contribution is -0.132. The van der Waals surface area contributed by atoms with Crippen molar-refractivity contribution < 1.29 is 9.18 Å². The fraction of sp³-hybridized carbons (Fsp3) is 0.308. The van der Waals surface area contributed by atoms with E-state index in [1.807, 2.05) is 24.3 Å². The van der Waals surface area contributed by atoms with Crippen molar-refractivity contribution in [3.05, 3.63) is 82.8 Å². The first kappa shape index (κ1) is 22.8. The van der Waals surface area contributed by atoms with Gasteiger partial charge in [0, 0.05) is 31.9 Å². The molecule has 0 saturated carbocycles. The zero-order valence-electron chi connectivity index (χ0n) is 19.8. The molecule has 0 unspecified atom stereocenters. The molecule has 35 heavy (non-hydrogen) atoms. The molecular formula is C26H27FN6O2. The Bertz CT molecular complexity index is 1400. The van der Waals surface area contributed by atoms with Gasteiger partial charge in [-0.25, -0.2) is 14.1 Å². The number of amides is 1. The molecule has 9 heteroatoms. The SMILES string of the molecule is CC(C)c1ccc(-n2ncc3c(=O)n(CC(=O)N4CCN(c5ccc(F)cc5)CC4)cnc32)cc1. The Labute approximate surface area is 202 Å². The number of nitrogens with zero attached hydrogens (tertiary/aromatic N) is 6. The highest BCUT2D eigenvalue weighted by Crippen LogP contribution is 2.19. The zero-order valence-corrected chi connectivity index (χ0v) is 19.8. The summed E-state index contributed by atoms with van der Waals surface area (Å²) in [5.41, 5.74) is 3.14. The summed E-state index contributed by atoms with van der Waals surface area (Å²) in [7, 11) is 0. The number of carbonyl (C=O) groups excluding carboxylic acids is 1. The summed E-state index contributed by atoms with van der Waals surface area (Å²) in [5, 5.41) is 4.74. The van der Waals surface area contributed by atoms with Gasteiger partial charge in [0.25, 0.3) is 5.56 Å². The number of carbonyl (C=O) groups is 1. The molecule has 180 valence electrons. The van der Waals surface area contributed by atoms with Crippen LogP contribution in [0.4, 0.5) is 10.1 Å². The van der Waals surface area contributed by atoms with E-state index in [0.717, 1.165) is 11.4 Å². The monoisotopic (exact) mass is 474 g/mol. The van der Waals surface area contributed by atoms with Crippen LogP contribution in [0.25, 0.3) is 16.7 Å². The second-order valence-corrected chi connectivity index (χ2v) is 9.06. The standard InChI is InChI=1S/C26H27FN6O2/c1-18(2)19-3-7-22(8-4-19)33-25-23(15-29-33)26(35)32(17-28-25)16-24(34)31-13-11-30(12-14-31)21-9-5-20(27)6-10-21/h3-10,15,17-18H,11-14,16H2,1-2H3. The van der Waals surface area contributed by atoms with Gasteiger partial charge in [-0.1, -0.05) is 26.0 Å². The molecule has 1 saturated heterocycles. The summed E-state index contributed by atoms with van der Waals surface area (Å²) in [5.74, 6) is 0.0176. The van der Waals surface area contributed by atoms with E-state index in [0.29, 0.717) is 43.1 Å². The molecule has 3 heterocycles. The highest BCUT2D eigenvalue weighted by atomic mass is 19.1. The second-order valence-electron chi connectivity index (χ2n) is 9.06. The van der Waals surface area contributed by atoms with Gasteiger partial charge >= 0.3 is 0 Å². The van der Waals surface area contributed by atoms with Crippen molar-refractivity contribution in [3.8, 4) is 5.69 Å². The van der Waals surface area contributed by atoms with E-state index >= 15 is 0 Å². The Kier molecular flexibility index (Phi) is 6.07. The predicted octanol–water partition coefficient (Wildman–Crippen LogP) is 3.19. The van der Waals surface area contributed by atoms with E-state index in [1.165, 1.54) is 34.8 Å². The topological polar surface area (TPSA) is 76.3 Å². The molecule has 1 aliphatic heterocycles.